The Bertz CT molecular complexity index is 1050. The van der Waals surface area contributed by atoms with Crippen molar-refractivity contribution in [3.63, 3.8) is 0 Å². The Kier molecular flexibility index (Phi) is 4.36. The summed E-state index contributed by atoms with van der Waals surface area (Å²) in [7, 11) is 1.74. The summed E-state index contributed by atoms with van der Waals surface area (Å²) >= 11 is 0. The number of piperidine rings is 1. The van der Waals surface area contributed by atoms with Crippen LogP contribution < -0.4 is 16.3 Å². The zero-order valence-corrected chi connectivity index (χ0v) is 16.7. The SMILES string of the molecule is Cn1c(=O)n(C2CCC(=O)NC2=O)c2ccc(CN3CC[C@]4(CCNC4)C3)cc21. The van der Waals surface area contributed by atoms with E-state index in [9.17, 15) is 14.4 Å². The highest BCUT2D eigenvalue weighted by Crippen LogP contribution is 2.36. The van der Waals surface area contributed by atoms with E-state index in [0.29, 0.717) is 11.8 Å². The quantitative estimate of drug-likeness (QED) is 0.737. The summed E-state index contributed by atoms with van der Waals surface area (Å²) in [6.45, 7) is 5.33. The van der Waals surface area contributed by atoms with Crippen molar-refractivity contribution in [3.05, 3.63) is 34.2 Å². The lowest BCUT2D eigenvalue weighted by Crippen LogP contribution is -2.44. The van der Waals surface area contributed by atoms with E-state index in [-0.39, 0.29) is 18.0 Å². The number of carbonyl (C=O) groups is 2. The number of rotatable bonds is 3. The van der Waals surface area contributed by atoms with Crippen LogP contribution in [0.1, 0.15) is 37.3 Å². The van der Waals surface area contributed by atoms with Crippen molar-refractivity contribution in [3.8, 4) is 0 Å². The number of aromatic nitrogens is 2. The molecule has 3 saturated heterocycles. The fraction of sp³-hybridized carbons (Fsp3) is 0.571. The predicted octanol–water partition coefficient (Wildman–Crippen LogP) is 0.503. The highest BCUT2D eigenvalue weighted by molar-refractivity contribution is 6.00. The van der Waals surface area contributed by atoms with Crippen molar-refractivity contribution < 1.29 is 9.59 Å². The van der Waals surface area contributed by atoms with E-state index in [1.165, 1.54) is 23.0 Å². The van der Waals surface area contributed by atoms with Gasteiger partial charge in [-0.3, -0.25) is 28.9 Å². The molecule has 0 radical (unpaired) electrons. The largest absolute Gasteiger partial charge is 0.329 e. The van der Waals surface area contributed by atoms with Gasteiger partial charge in [0, 0.05) is 33.1 Å². The monoisotopic (exact) mass is 397 g/mol. The second kappa shape index (κ2) is 6.81. The third kappa shape index (κ3) is 3.11. The van der Waals surface area contributed by atoms with Gasteiger partial charge in [-0.25, -0.2) is 4.79 Å². The Labute approximate surface area is 168 Å². The maximum Gasteiger partial charge on any atom is 0.329 e. The van der Waals surface area contributed by atoms with Crippen molar-refractivity contribution in [2.75, 3.05) is 26.2 Å². The van der Waals surface area contributed by atoms with E-state index in [1.54, 1.807) is 11.6 Å². The van der Waals surface area contributed by atoms with Gasteiger partial charge in [-0.2, -0.15) is 0 Å². The lowest BCUT2D eigenvalue weighted by Gasteiger charge is -2.23. The van der Waals surface area contributed by atoms with Crippen molar-refractivity contribution in [2.45, 2.75) is 38.3 Å². The molecule has 1 aromatic carbocycles. The van der Waals surface area contributed by atoms with Crippen LogP contribution in [0.3, 0.4) is 0 Å². The molecule has 3 aliphatic heterocycles. The van der Waals surface area contributed by atoms with Gasteiger partial charge in [0.2, 0.25) is 11.8 Å². The van der Waals surface area contributed by atoms with Crippen LogP contribution in [0.2, 0.25) is 0 Å². The molecular weight excluding hydrogens is 370 g/mol. The van der Waals surface area contributed by atoms with Crippen LogP contribution >= 0.6 is 0 Å². The van der Waals surface area contributed by atoms with Gasteiger partial charge in [0.25, 0.3) is 0 Å². The first-order valence-corrected chi connectivity index (χ1v) is 10.4. The minimum absolute atomic E-state index is 0.219. The van der Waals surface area contributed by atoms with Crippen LogP contribution in [-0.2, 0) is 23.2 Å². The Morgan fingerprint density at radius 2 is 2.03 bits per heavy atom. The molecule has 1 spiro atoms. The molecule has 8 nitrogen and oxygen atoms in total. The molecule has 1 aromatic heterocycles. The van der Waals surface area contributed by atoms with Crippen LogP contribution in [-0.4, -0.2) is 52.0 Å². The maximum absolute atomic E-state index is 12.9. The smallest absolute Gasteiger partial charge is 0.316 e. The van der Waals surface area contributed by atoms with Gasteiger partial charge < -0.3 is 5.32 Å². The maximum atomic E-state index is 12.9. The molecule has 2 atom stereocenters. The molecule has 3 aliphatic rings. The Hall–Kier alpha value is -2.45. The van der Waals surface area contributed by atoms with Gasteiger partial charge in [-0.1, -0.05) is 6.07 Å². The first-order valence-electron chi connectivity index (χ1n) is 10.4. The number of aryl methyl sites for hydroxylation is 1. The van der Waals surface area contributed by atoms with Crippen LogP contribution in [0.5, 0.6) is 0 Å². The minimum atomic E-state index is -0.636. The third-order valence-electron chi connectivity index (χ3n) is 6.93. The summed E-state index contributed by atoms with van der Waals surface area (Å²) < 4.78 is 3.14. The molecule has 3 fully saturated rings. The average molecular weight is 397 g/mol. The van der Waals surface area contributed by atoms with Gasteiger partial charge in [0.1, 0.15) is 6.04 Å². The number of amides is 2. The second-order valence-corrected chi connectivity index (χ2v) is 8.89. The highest BCUT2D eigenvalue weighted by Gasteiger charge is 2.40. The van der Waals surface area contributed by atoms with Crippen molar-refractivity contribution >= 4 is 22.8 Å². The summed E-state index contributed by atoms with van der Waals surface area (Å²) in [5.74, 6) is -0.671. The fourth-order valence-electron chi connectivity index (χ4n) is 5.30. The zero-order chi connectivity index (χ0) is 20.2. The number of hydrogen-bond acceptors (Lipinski definition) is 5. The molecule has 2 N–H and O–H groups in total. The average Bonchev–Trinajstić information content (AvgIpc) is 3.38. The van der Waals surface area contributed by atoms with E-state index in [0.717, 1.165) is 43.8 Å². The van der Waals surface area contributed by atoms with E-state index in [2.05, 4.69) is 27.7 Å². The Morgan fingerprint density at radius 1 is 1.17 bits per heavy atom. The molecule has 2 aromatic rings. The number of carbonyl (C=O) groups excluding carboxylic acids is 2. The molecule has 1 unspecified atom stereocenters. The molecule has 154 valence electrons. The summed E-state index contributed by atoms with van der Waals surface area (Å²) in [6, 6.07) is 5.43. The molecule has 8 heteroatoms. The molecule has 4 heterocycles. The topological polar surface area (TPSA) is 88.4 Å². The van der Waals surface area contributed by atoms with Crippen LogP contribution in [0.4, 0.5) is 0 Å². The molecular formula is C21H27N5O3. The number of hydrogen-bond donors (Lipinski definition) is 2. The van der Waals surface area contributed by atoms with Crippen LogP contribution in [0.15, 0.2) is 23.0 Å². The van der Waals surface area contributed by atoms with Crippen molar-refractivity contribution in [1.82, 2.24) is 24.7 Å². The number of fused-ring (bicyclic) bond motifs is 1. The third-order valence-corrected chi connectivity index (χ3v) is 6.93. The van der Waals surface area contributed by atoms with Gasteiger partial charge in [0.05, 0.1) is 11.0 Å². The zero-order valence-electron chi connectivity index (χ0n) is 16.7. The van der Waals surface area contributed by atoms with Crippen LogP contribution in [0.25, 0.3) is 11.0 Å². The van der Waals surface area contributed by atoms with Gasteiger partial charge in [-0.15, -0.1) is 0 Å². The number of benzene rings is 1. The Balaban J connectivity index is 1.43. The van der Waals surface area contributed by atoms with E-state index < -0.39 is 11.9 Å². The van der Waals surface area contributed by atoms with E-state index in [4.69, 9.17) is 0 Å². The number of nitrogens with zero attached hydrogens (tertiary/aromatic N) is 3. The second-order valence-electron chi connectivity index (χ2n) is 8.89. The molecule has 2 amide bonds. The first-order chi connectivity index (χ1) is 14.0. The van der Waals surface area contributed by atoms with Crippen molar-refractivity contribution in [1.29, 1.82) is 0 Å². The van der Waals surface area contributed by atoms with Crippen LogP contribution in [0, 0.1) is 5.41 Å². The summed E-state index contributed by atoms with van der Waals surface area (Å²) in [5, 5.41) is 5.85. The molecule has 0 aliphatic carbocycles. The molecule has 0 saturated carbocycles. The predicted molar refractivity (Wildman–Crippen MR) is 108 cm³/mol. The van der Waals surface area contributed by atoms with E-state index in [1.807, 2.05) is 6.07 Å². The Morgan fingerprint density at radius 3 is 2.79 bits per heavy atom. The van der Waals surface area contributed by atoms with Crippen molar-refractivity contribution in [2.24, 2.45) is 12.5 Å². The lowest BCUT2D eigenvalue weighted by atomic mass is 9.86. The summed E-state index contributed by atoms with van der Waals surface area (Å²) in [5.41, 5.74) is 2.97. The van der Waals surface area contributed by atoms with Gasteiger partial charge in [0.15, 0.2) is 0 Å². The molecule has 29 heavy (non-hydrogen) atoms. The number of imide groups is 1. The highest BCUT2D eigenvalue weighted by atomic mass is 16.2. The lowest BCUT2D eigenvalue weighted by molar-refractivity contribution is -0.135. The fourth-order valence-corrected chi connectivity index (χ4v) is 5.30. The molecule has 0 bridgehead atoms. The summed E-state index contributed by atoms with van der Waals surface area (Å²) in [4.78, 5) is 39.2. The molecule has 5 rings (SSSR count). The van der Waals surface area contributed by atoms with Gasteiger partial charge >= 0.3 is 5.69 Å². The first kappa shape index (κ1) is 18.6. The normalized spacial score (nSPS) is 28.0. The summed E-state index contributed by atoms with van der Waals surface area (Å²) in [6.07, 6.45) is 3.11. The standard InChI is InChI=1S/C21H27N5O3/c1-24-17-10-14(11-25-9-7-21(13-25)6-8-22-12-21)2-3-15(17)26(20(24)29)16-4-5-18(27)23-19(16)28/h2-3,10,16,22H,4-9,11-13H2,1H3,(H,23,27,28)/t16?,21-/m0/s1. The van der Waals surface area contributed by atoms with Gasteiger partial charge in [-0.05, 0) is 55.5 Å². The number of nitrogens with one attached hydrogen (secondary N) is 2. The number of likely N-dealkylation sites (tertiary alicyclic amines) is 1. The number of imidazole rings is 1. The minimum Gasteiger partial charge on any atom is -0.316 e. The van der Waals surface area contributed by atoms with E-state index >= 15 is 0 Å².